The van der Waals surface area contributed by atoms with Gasteiger partial charge in [0.2, 0.25) is 0 Å². The predicted molar refractivity (Wildman–Crippen MR) is 154 cm³/mol. The van der Waals surface area contributed by atoms with Crippen molar-refractivity contribution in [2.75, 3.05) is 27.9 Å². The van der Waals surface area contributed by atoms with Crippen molar-refractivity contribution in [3.63, 3.8) is 0 Å². The summed E-state index contributed by atoms with van der Waals surface area (Å²) in [6.45, 7) is 1.90. The van der Waals surface area contributed by atoms with E-state index in [1.165, 1.54) is 30.1 Å². The number of nitrogens with zero attached hydrogens (tertiary/aromatic N) is 2. The molecule has 0 N–H and O–H groups in total. The molecule has 0 fully saturated rings. The van der Waals surface area contributed by atoms with E-state index < -0.39 is 12.0 Å². The summed E-state index contributed by atoms with van der Waals surface area (Å²) in [6, 6.07) is 21.3. The normalized spacial score (nSPS) is 14.8. The van der Waals surface area contributed by atoms with Crippen LogP contribution in [0.5, 0.6) is 17.2 Å². The summed E-state index contributed by atoms with van der Waals surface area (Å²) in [5, 5.41) is 0. The Hall–Kier alpha value is -4.63. The zero-order valence-corrected chi connectivity index (χ0v) is 23.4. The molecule has 0 saturated heterocycles. The second-order valence-electron chi connectivity index (χ2n) is 8.76. The SMILES string of the molecule is CCOC(=O)C1=C(c2ccccc2)N=c2s/c(=C\c3ccccc3OC)c(=O)n2[C@H]1c1cccc(OC)c1OC. The molecule has 9 heteroatoms. The molecular formula is C31H28N2O6S. The number of ether oxygens (including phenoxy) is 4. The lowest BCUT2D eigenvalue weighted by atomic mass is 9.92. The van der Waals surface area contributed by atoms with E-state index in [2.05, 4.69) is 0 Å². The van der Waals surface area contributed by atoms with Gasteiger partial charge in [0.1, 0.15) is 11.8 Å². The molecular weight excluding hydrogens is 528 g/mol. The topological polar surface area (TPSA) is 88.4 Å². The number of thiazole rings is 1. The molecule has 0 unspecified atom stereocenters. The van der Waals surface area contributed by atoms with Crippen molar-refractivity contribution >= 4 is 29.1 Å². The molecule has 5 rings (SSSR count). The van der Waals surface area contributed by atoms with E-state index in [1.54, 1.807) is 32.2 Å². The van der Waals surface area contributed by atoms with Crippen molar-refractivity contribution in [1.82, 2.24) is 4.57 Å². The van der Waals surface area contributed by atoms with Crippen molar-refractivity contribution in [2.45, 2.75) is 13.0 Å². The van der Waals surface area contributed by atoms with Crippen LogP contribution >= 0.6 is 11.3 Å². The molecule has 204 valence electrons. The highest BCUT2D eigenvalue weighted by Gasteiger charge is 2.37. The molecule has 0 spiro atoms. The summed E-state index contributed by atoms with van der Waals surface area (Å²) in [4.78, 5) is 33.1. The van der Waals surface area contributed by atoms with Gasteiger partial charge in [-0.05, 0) is 25.1 Å². The fourth-order valence-electron chi connectivity index (χ4n) is 4.79. The second kappa shape index (κ2) is 11.6. The molecule has 0 amide bonds. The molecule has 4 aromatic rings. The minimum Gasteiger partial charge on any atom is -0.496 e. The zero-order chi connectivity index (χ0) is 28.2. The van der Waals surface area contributed by atoms with Crippen LogP contribution in [0.15, 0.2) is 88.2 Å². The van der Waals surface area contributed by atoms with Crippen molar-refractivity contribution in [3.8, 4) is 17.2 Å². The van der Waals surface area contributed by atoms with Gasteiger partial charge in [0, 0.05) is 16.7 Å². The lowest BCUT2D eigenvalue weighted by Crippen LogP contribution is -2.40. The minimum atomic E-state index is -0.893. The average molecular weight is 557 g/mol. The first-order valence-electron chi connectivity index (χ1n) is 12.6. The summed E-state index contributed by atoms with van der Waals surface area (Å²) in [6.07, 6.45) is 1.78. The summed E-state index contributed by atoms with van der Waals surface area (Å²) in [7, 11) is 4.65. The van der Waals surface area contributed by atoms with Crippen molar-refractivity contribution in [1.29, 1.82) is 0 Å². The van der Waals surface area contributed by atoms with E-state index in [9.17, 15) is 9.59 Å². The molecule has 0 bridgehead atoms. The first kappa shape index (κ1) is 27.0. The largest absolute Gasteiger partial charge is 0.496 e. The number of rotatable bonds is 8. The van der Waals surface area contributed by atoms with Crippen LogP contribution in [-0.2, 0) is 9.53 Å². The average Bonchev–Trinajstić information content (AvgIpc) is 3.30. The Labute approximate surface area is 235 Å². The Morgan fingerprint density at radius 1 is 0.925 bits per heavy atom. The van der Waals surface area contributed by atoms with Gasteiger partial charge < -0.3 is 18.9 Å². The van der Waals surface area contributed by atoms with Gasteiger partial charge in [-0.25, -0.2) is 9.79 Å². The van der Waals surface area contributed by atoms with Gasteiger partial charge in [-0.15, -0.1) is 0 Å². The van der Waals surface area contributed by atoms with Crippen LogP contribution in [0, 0.1) is 0 Å². The molecule has 0 aliphatic carbocycles. The quantitative estimate of drug-likeness (QED) is 0.306. The highest BCUT2D eigenvalue weighted by atomic mass is 32.1. The minimum absolute atomic E-state index is 0.157. The van der Waals surface area contributed by atoms with Gasteiger partial charge in [0.15, 0.2) is 16.3 Å². The van der Waals surface area contributed by atoms with Crippen molar-refractivity contribution < 1.29 is 23.7 Å². The van der Waals surface area contributed by atoms with Crippen molar-refractivity contribution in [3.05, 3.63) is 115 Å². The van der Waals surface area contributed by atoms with Gasteiger partial charge in [-0.3, -0.25) is 9.36 Å². The molecule has 0 saturated carbocycles. The maximum Gasteiger partial charge on any atom is 0.338 e. The molecule has 1 aliphatic rings. The van der Waals surface area contributed by atoms with E-state index in [4.69, 9.17) is 23.9 Å². The number of hydrogen-bond acceptors (Lipinski definition) is 8. The zero-order valence-electron chi connectivity index (χ0n) is 22.5. The summed E-state index contributed by atoms with van der Waals surface area (Å²) in [5.41, 5.74) is 2.39. The summed E-state index contributed by atoms with van der Waals surface area (Å²) in [5.74, 6) is 0.943. The lowest BCUT2D eigenvalue weighted by Gasteiger charge is -2.27. The van der Waals surface area contributed by atoms with Gasteiger partial charge in [0.25, 0.3) is 5.56 Å². The molecule has 3 aromatic carbocycles. The first-order chi connectivity index (χ1) is 19.5. The van der Waals surface area contributed by atoms with Gasteiger partial charge in [-0.2, -0.15) is 0 Å². The molecule has 1 atom stereocenters. The van der Waals surface area contributed by atoms with Crippen LogP contribution in [0.25, 0.3) is 11.8 Å². The molecule has 2 heterocycles. The summed E-state index contributed by atoms with van der Waals surface area (Å²) < 4.78 is 24.3. The number of carbonyl (C=O) groups is 1. The number of para-hydroxylation sites is 2. The van der Waals surface area contributed by atoms with Crippen LogP contribution in [0.1, 0.15) is 29.7 Å². The lowest BCUT2D eigenvalue weighted by molar-refractivity contribution is -0.138. The Morgan fingerprint density at radius 2 is 1.62 bits per heavy atom. The Bertz CT molecular complexity index is 1770. The molecule has 1 aromatic heterocycles. The molecule has 1 aliphatic heterocycles. The number of benzene rings is 3. The Kier molecular flexibility index (Phi) is 7.84. The standard InChI is InChI=1S/C31H28N2O6S/c1-5-39-30(35)25-26(19-12-7-6-8-13-19)32-31-33(27(25)21-15-11-17-23(37-3)28(21)38-4)29(34)24(40-31)18-20-14-9-10-16-22(20)36-2/h6-18,27H,5H2,1-4H3/b24-18-/t27-/m0/s1. The maximum absolute atomic E-state index is 14.1. The third kappa shape index (κ3) is 4.80. The van der Waals surface area contributed by atoms with E-state index >= 15 is 0 Å². The molecule has 8 nitrogen and oxygen atoms in total. The highest BCUT2D eigenvalue weighted by Crippen LogP contribution is 2.42. The number of aromatic nitrogens is 1. The first-order valence-corrected chi connectivity index (χ1v) is 13.5. The van der Waals surface area contributed by atoms with Crippen molar-refractivity contribution in [2.24, 2.45) is 4.99 Å². The van der Waals surface area contributed by atoms with E-state index in [-0.39, 0.29) is 17.7 Å². The second-order valence-corrected chi connectivity index (χ2v) is 9.77. The van der Waals surface area contributed by atoms with E-state index in [1.807, 2.05) is 60.7 Å². The maximum atomic E-state index is 14.1. The molecule has 0 radical (unpaired) electrons. The smallest absolute Gasteiger partial charge is 0.338 e. The highest BCUT2D eigenvalue weighted by molar-refractivity contribution is 7.07. The third-order valence-electron chi connectivity index (χ3n) is 6.53. The number of carbonyl (C=O) groups excluding carboxylic acids is 1. The van der Waals surface area contributed by atoms with E-state index in [0.29, 0.717) is 37.8 Å². The number of hydrogen-bond donors (Lipinski definition) is 0. The van der Waals surface area contributed by atoms with E-state index in [0.717, 1.165) is 11.1 Å². The Morgan fingerprint density at radius 3 is 2.33 bits per heavy atom. The van der Waals surface area contributed by atoms with Gasteiger partial charge >= 0.3 is 5.97 Å². The van der Waals surface area contributed by atoms with Gasteiger partial charge in [0.05, 0.1) is 43.7 Å². The number of fused-ring (bicyclic) bond motifs is 1. The monoisotopic (exact) mass is 556 g/mol. The van der Waals surface area contributed by atoms with Crippen LogP contribution in [0.2, 0.25) is 0 Å². The Balaban J connectivity index is 1.89. The molecule has 40 heavy (non-hydrogen) atoms. The van der Waals surface area contributed by atoms with Crippen LogP contribution in [-0.4, -0.2) is 38.5 Å². The summed E-state index contributed by atoms with van der Waals surface area (Å²) >= 11 is 1.24. The predicted octanol–water partition coefficient (Wildman–Crippen LogP) is 3.96. The van der Waals surface area contributed by atoms with Crippen LogP contribution in [0.4, 0.5) is 0 Å². The number of esters is 1. The number of methoxy groups -OCH3 is 3. The van der Waals surface area contributed by atoms with Crippen LogP contribution in [0.3, 0.4) is 0 Å². The fourth-order valence-corrected chi connectivity index (χ4v) is 5.78. The van der Waals surface area contributed by atoms with Crippen LogP contribution < -0.4 is 29.1 Å². The fraction of sp³-hybridized carbons (Fsp3) is 0.194. The van der Waals surface area contributed by atoms with Gasteiger partial charge in [-0.1, -0.05) is 72.0 Å². The third-order valence-corrected chi connectivity index (χ3v) is 7.51.